The molecular formula is C12H15N3O3S. The van der Waals surface area contributed by atoms with Gasteiger partial charge in [0.25, 0.3) is 5.91 Å². The second-order valence-corrected chi connectivity index (χ2v) is 5.98. The largest absolute Gasteiger partial charge is 0.469 e. The molecule has 1 N–H and O–H groups in total. The Morgan fingerprint density at radius 1 is 1.58 bits per heavy atom. The molecule has 0 bridgehead atoms. The van der Waals surface area contributed by atoms with Gasteiger partial charge in [0, 0.05) is 31.6 Å². The Bertz CT molecular complexity index is 498. The second kappa shape index (κ2) is 4.57. The summed E-state index contributed by atoms with van der Waals surface area (Å²) >= 11 is 1.32. The highest BCUT2D eigenvalue weighted by Crippen LogP contribution is 2.40. The Hall–Kier alpha value is -1.47. The van der Waals surface area contributed by atoms with Crippen molar-refractivity contribution in [2.75, 3.05) is 33.3 Å². The van der Waals surface area contributed by atoms with E-state index in [9.17, 15) is 9.59 Å². The van der Waals surface area contributed by atoms with E-state index in [0.717, 1.165) is 13.1 Å². The molecular weight excluding hydrogens is 266 g/mol. The Morgan fingerprint density at radius 3 is 2.89 bits per heavy atom. The van der Waals surface area contributed by atoms with Crippen LogP contribution in [0.2, 0.25) is 0 Å². The number of nitrogens with one attached hydrogen (secondary N) is 1. The molecule has 1 aromatic heterocycles. The predicted octanol–water partition coefficient (Wildman–Crippen LogP) is -0.0223. The van der Waals surface area contributed by atoms with E-state index in [1.165, 1.54) is 18.4 Å². The van der Waals surface area contributed by atoms with E-state index in [1.807, 2.05) is 0 Å². The molecule has 3 heterocycles. The van der Waals surface area contributed by atoms with Crippen LogP contribution in [0.1, 0.15) is 9.67 Å². The maximum absolute atomic E-state index is 12.3. The maximum Gasteiger partial charge on any atom is 0.311 e. The molecule has 2 aliphatic heterocycles. The normalized spacial score (nSPS) is 24.3. The molecule has 7 heteroatoms. The Balaban J connectivity index is 1.80. The monoisotopic (exact) mass is 281 g/mol. The van der Waals surface area contributed by atoms with Gasteiger partial charge in [-0.2, -0.15) is 0 Å². The highest BCUT2D eigenvalue weighted by molar-refractivity contribution is 7.11. The summed E-state index contributed by atoms with van der Waals surface area (Å²) in [5, 5.41) is 3.19. The standard InChI is InChI=1S/C12H15N3O3S/c1-18-11(17)8-3-15(6-12(8)4-14-5-12)10(16)9-2-13-7-19-9/h2,7-8,14H,3-6H2,1H3/t8-/m0/s1. The highest BCUT2D eigenvalue weighted by atomic mass is 32.1. The number of carbonyl (C=O) groups is 2. The summed E-state index contributed by atoms with van der Waals surface area (Å²) in [5.74, 6) is -0.489. The molecule has 0 saturated carbocycles. The number of rotatable bonds is 2. The Morgan fingerprint density at radius 2 is 2.37 bits per heavy atom. The lowest BCUT2D eigenvalue weighted by Gasteiger charge is -2.42. The molecule has 1 spiro atoms. The van der Waals surface area contributed by atoms with Crippen LogP contribution in [-0.2, 0) is 9.53 Å². The molecule has 19 heavy (non-hydrogen) atoms. The maximum atomic E-state index is 12.3. The first-order valence-corrected chi connectivity index (χ1v) is 7.00. The topological polar surface area (TPSA) is 71.5 Å². The van der Waals surface area contributed by atoms with Crippen molar-refractivity contribution in [1.82, 2.24) is 15.2 Å². The Kier molecular flexibility index (Phi) is 3.02. The summed E-state index contributed by atoms with van der Waals surface area (Å²) in [6, 6.07) is 0. The fraction of sp³-hybridized carbons (Fsp3) is 0.583. The van der Waals surface area contributed by atoms with Crippen molar-refractivity contribution in [3.63, 3.8) is 0 Å². The lowest BCUT2D eigenvalue weighted by molar-refractivity contribution is -0.149. The molecule has 2 aliphatic rings. The molecule has 2 saturated heterocycles. The van der Waals surface area contributed by atoms with Gasteiger partial charge in [-0.25, -0.2) is 0 Å². The van der Waals surface area contributed by atoms with Crippen LogP contribution in [0, 0.1) is 11.3 Å². The van der Waals surface area contributed by atoms with Crippen LogP contribution in [0.15, 0.2) is 11.7 Å². The van der Waals surface area contributed by atoms with Gasteiger partial charge >= 0.3 is 5.97 Å². The smallest absolute Gasteiger partial charge is 0.311 e. The molecule has 0 aliphatic carbocycles. The molecule has 102 valence electrons. The molecule has 1 atom stereocenters. The lowest BCUT2D eigenvalue weighted by Crippen LogP contribution is -2.59. The van der Waals surface area contributed by atoms with E-state index in [0.29, 0.717) is 18.0 Å². The van der Waals surface area contributed by atoms with E-state index in [1.54, 1.807) is 16.6 Å². The third-order valence-corrected chi connectivity index (χ3v) is 4.78. The van der Waals surface area contributed by atoms with Gasteiger partial charge in [-0.3, -0.25) is 14.6 Å². The number of carbonyl (C=O) groups excluding carboxylic acids is 2. The van der Waals surface area contributed by atoms with Crippen LogP contribution >= 0.6 is 11.3 Å². The van der Waals surface area contributed by atoms with Gasteiger partial charge < -0.3 is 15.0 Å². The molecule has 1 aromatic rings. The molecule has 0 aromatic carbocycles. The summed E-state index contributed by atoms with van der Waals surface area (Å²) in [4.78, 5) is 30.5. The van der Waals surface area contributed by atoms with Crippen LogP contribution in [-0.4, -0.2) is 55.0 Å². The molecule has 0 unspecified atom stereocenters. The minimum Gasteiger partial charge on any atom is -0.469 e. The van der Waals surface area contributed by atoms with Gasteiger partial charge in [0.1, 0.15) is 4.88 Å². The SMILES string of the molecule is COC(=O)[C@@H]1CN(C(=O)c2cncs2)CC12CNC2. The Labute approximate surface area is 114 Å². The van der Waals surface area contributed by atoms with Crippen molar-refractivity contribution in [1.29, 1.82) is 0 Å². The van der Waals surface area contributed by atoms with E-state index < -0.39 is 0 Å². The number of amides is 1. The fourth-order valence-electron chi connectivity index (χ4n) is 2.87. The molecule has 0 radical (unpaired) electrons. The van der Waals surface area contributed by atoms with Gasteiger partial charge in [0.05, 0.1) is 24.7 Å². The summed E-state index contributed by atoms with van der Waals surface area (Å²) < 4.78 is 4.87. The minimum absolute atomic E-state index is 0.0415. The number of likely N-dealkylation sites (tertiary alicyclic amines) is 1. The quantitative estimate of drug-likeness (QED) is 0.771. The number of esters is 1. The predicted molar refractivity (Wildman–Crippen MR) is 68.8 cm³/mol. The zero-order valence-corrected chi connectivity index (χ0v) is 11.4. The zero-order chi connectivity index (χ0) is 13.5. The van der Waals surface area contributed by atoms with Crippen LogP contribution in [0.5, 0.6) is 0 Å². The number of hydrogen-bond acceptors (Lipinski definition) is 6. The first kappa shape index (κ1) is 12.6. The molecule has 2 fully saturated rings. The van der Waals surface area contributed by atoms with E-state index in [-0.39, 0.29) is 23.2 Å². The average Bonchev–Trinajstić information content (AvgIpc) is 3.03. The number of nitrogens with zero attached hydrogens (tertiary/aromatic N) is 2. The number of thiazole rings is 1. The second-order valence-electron chi connectivity index (χ2n) is 5.09. The minimum atomic E-state index is -0.226. The van der Waals surface area contributed by atoms with E-state index in [2.05, 4.69) is 10.3 Å². The third-order valence-electron chi connectivity index (χ3n) is 4.02. The number of aromatic nitrogens is 1. The first-order valence-electron chi connectivity index (χ1n) is 6.12. The van der Waals surface area contributed by atoms with Crippen molar-refractivity contribution < 1.29 is 14.3 Å². The highest BCUT2D eigenvalue weighted by Gasteiger charge is 2.55. The summed E-state index contributed by atoms with van der Waals surface area (Å²) in [6.07, 6.45) is 1.57. The summed E-state index contributed by atoms with van der Waals surface area (Å²) in [5.41, 5.74) is 1.50. The molecule has 3 rings (SSSR count). The van der Waals surface area contributed by atoms with Gasteiger partial charge in [0.15, 0.2) is 0 Å². The van der Waals surface area contributed by atoms with Gasteiger partial charge in [-0.1, -0.05) is 0 Å². The van der Waals surface area contributed by atoms with Crippen molar-refractivity contribution in [2.45, 2.75) is 0 Å². The van der Waals surface area contributed by atoms with Gasteiger partial charge in [-0.05, 0) is 0 Å². The van der Waals surface area contributed by atoms with Crippen molar-refractivity contribution in [2.24, 2.45) is 11.3 Å². The molecule has 6 nitrogen and oxygen atoms in total. The van der Waals surface area contributed by atoms with Gasteiger partial charge in [-0.15, -0.1) is 11.3 Å². The van der Waals surface area contributed by atoms with E-state index >= 15 is 0 Å². The lowest BCUT2D eigenvalue weighted by atomic mass is 9.73. The zero-order valence-electron chi connectivity index (χ0n) is 10.6. The number of hydrogen-bond donors (Lipinski definition) is 1. The van der Waals surface area contributed by atoms with Crippen LogP contribution < -0.4 is 5.32 Å². The summed E-state index contributed by atoms with van der Waals surface area (Å²) in [6.45, 7) is 2.57. The van der Waals surface area contributed by atoms with Gasteiger partial charge in [0.2, 0.25) is 0 Å². The number of ether oxygens (including phenoxy) is 1. The van der Waals surface area contributed by atoms with Crippen molar-refractivity contribution in [3.8, 4) is 0 Å². The molecule has 1 amide bonds. The third kappa shape index (κ3) is 1.93. The van der Waals surface area contributed by atoms with E-state index in [4.69, 9.17) is 4.74 Å². The average molecular weight is 281 g/mol. The van der Waals surface area contributed by atoms with Crippen LogP contribution in [0.25, 0.3) is 0 Å². The van der Waals surface area contributed by atoms with Crippen LogP contribution in [0.3, 0.4) is 0 Å². The first-order chi connectivity index (χ1) is 9.16. The summed E-state index contributed by atoms with van der Waals surface area (Å²) in [7, 11) is 1.40. The fourth-order valence-corrected chi connectivity index (χ4v) is 3.46. The van der Waals surface area contributed by atoms with Crippen molar-refractivity contribution in [3.05, 3.63) is 16.6 Å². The number of methoxy groups -OCH3 is 1. The van der Waals surface area contributed by atoms with Crippen molar-refractivity contribution >= 4 is 23.2 Å². The van der Waals surface area contributed by atoms with Crippen LogP contribution in [0.4, 0.5) is 0 Å².